The minimum absolute atomic E-state index is 0.0379. The molecule has 0 saturated carbocycles. The van der Waals surface area contributed by atoms with Gasteiger partial charge < -0.3 is 24.0 Å². The van der Waals surface area contributed by atoms with Crippen LogP contribution in [0.5, 0.6) is 5.75 Å². The zero-order chi connectivity index (χ0) is 17.8. The van der Waals surface area contributed by atoms with Gasteiger partial charge in [-0.05, 0) is 32.9 Å². The molecule has 0 aromatic heterocycles. The Hall–Kier alpha value is -2.44. The van der Waals surface area contributed by atoms with Crippen LogP contribution in [0.15, 0.2) is 12.1 Å². The molecule has 1 aromatic rings. The van der Waals surface area contributed by atoms with Crippen LogP contribution in [-0.2, 0) is 16.1 Å². The Morgan fingerprint density at radius 3 is 2.80 bits per heavy atom. The van der Waals surface area contributed by atoms with E-state index in [9.17, 15) is 9.59 Å². The molecule has 1 amide bonds. The van der Waals surface area contributed by atoms with E-state index in [1.165, 1.54) is 0 Å². The van der Waals surface area contributed by atoms with Crippen LogP contribution in [-0.4, -0.2) is 54.8 Å². The number of fused-ring (bicyclic) bond motifs is 5. The van der Waals surface area contributed by atoms with Crippen molar-refractivity contribution >= 4 is 17.7 Å². The van der Waals surface area contributed by atoms with Crippen molar-refractivity contribution in [1.29, 1.82) is 0 Å². The Morgan fingerprint density at radius 2 is 2.04 bits per heavy atom. The molecule has 0 unspecified atom stereocenters. The highest BCUT2D eigenvalue weighted by Gasteiger charge is 2.39. The number of carbonyl (C=O) groups is 2. The van der Waals surface area contributed by atoms with Gasteiger partial charge in [0.05, 0.1) is 17.3 Å². The van der Waals surface area contributed by atoms with Crippen LogP contribution < -0.4 is 9.64 Å². The predicted molar refractivity (Wildman–Crippen MR) is 90.0 cm³/mol. The van der Waals surface area contributed by atoms with Gasteiger partial charge in [-0.15, -0.1) is 0 Å². The number of rotatable bonds is 0. The summed E-state index contributed by atoms with van der Waals surface area (Å²) in [6.07, 6.45) is -0.297. The van der Waals surface area contributed by atoms with Crippen molar-refractivity contribution in [2.45, 2.75) is 39.0 Å². The molecular formula is C18H22N2O5. The van der Waals surface area contributed by atoms with Gasteiger partial charge in [0.1, 0.15) is 24.6 Å². The summed E-state index contributed by atoms with van der Waals surface area (Å²) in [5.41, 5.74) is 1.92. The van der Waals surface area contributed by atoms with Crippen molar-refractivity contribution in [3.8, 4) is 5.75 Å². The third-order valence-electron chi connectivity index (χ3n) is 4.67. The molecule has 0 radical (unpaired) electrons. The summed E-state index contributed by atoms with van der Waals surface area (Å²) in [6.45, 7) is 8.14. The maximum absolute atomic E-state index is 12.3. The third-order valence-corrected chi connectivity index (χ3v) is 4.67. The van der Waals surface area contributed by atoms with E-state index >= 15 is 0 Å². The van der Waals surface area contributed by atoms with E-state index in [2.05, 4.69) is 4.90 Å². The predicted octanol–water partition coefficient (Wildman–Crippen LogP) is 2.18. The van der Waals surface area contributed by atoms with Gasteiger partial charge in [0, 0.05) is 25.2 Å². The smallest absolute Gasteiger partial charge is 0.410 e. The number of amides is 1. The second-order valence-electron chi connectivity index (χ2n) is 7.60. The first-order valence-electron chi connectivity index (χ1n) is 8.54. The lowest BCUT2D eigenvalue weighted by Gasteiger charge is -2.46. The second-order valence-corrected chi connectivity index (χ2v) is 7.60. The lowest BCUT2D eigenvalue weighted by Crippen LogP contribution is -2.59. The molecule has 7 nitrogen and oxygen atoms in total. The molecular weight excluding hydrogens is 324 g/mol. The average Bonchev–Trinajstić information content (AvgIpc) is 2.93. The zero-order valence-electron chi connectivity index (χ0n) is 14.7. The summed E-state index contributed by atoms with van der Waals surface area (Å²) in [7, 11) is 0. The Bertz CT molecular complexity index is 740. The number of benzene rings is 1. The largest absolute Gasteiger partial charge is 0.489 e. The van der Waals surface area contributed by atoms with Crippen LogP contribution in [0.3, 0.4) is 0 Å². The summed E-state index contributed by atoms with van der Waals surface area (Å²) in [6, 6.07) is 3.63. The van der Waals surface area contributed by atoms with Crippen LogP contribution in [0, 0.1) is 0 Å². The van der Waals surface area contributed by atoms with Crippen molar-refractivity contribution in [2.24, 2.45) is 0 Å². The molecule has 1 fully saturated rings. The normalized spacial score (nSPS) is 21.7. The lowest BCUT2D eigenvalue weighted by molar-refractivity contribution is 0.0194. The summed E-state index contributed by atoms with van der Waals surface area (Å²) in [4.78, 5) is 28.1. The molecule has 0 N–H and O–H groups in total. The van der Waals surface area contributed by atoms with Gasteiger partial charge in [-0.1, -0.05) is 0 Å². The number of piperazine rings is 1. The van der Waals surface area contributed by atoms with E-state index in [-0.39, 0.29) is 24.7 Å². The Labute approximate surface area is 146 Å². The first-order chi connectivity index (χ1) is 11.8. The topological polar surface area (TPSA) is 68.3 Å². The van der Waals surface area contributed by atoms with Gasteiger partial charge in [0.25, 0.3) is 0 Å². The Balaban J connectivity index is 1.57. The molecule has 0 aliphatic carbocycles. The van der Waals surface area contributed by atoms with Crippen LogP contribution in [0.1, 0.15) is 36.7 Å². The molecule has 0 bridgehead atoms. The lowest BCUT2D eigenvalue weighted by atomic mass is 10.0. The minimum atomic E-state index is -0.512. The molecule has 134 valence electrons. The van der Waals surface area contributed by atoms with E-state index in [0.29, 0.717) is 31.8 Å². The van der Waals surface area contributed by atoms with Gasteiger partial charge in [-0.3, -0.25) is 0 Å². The van der Waals surface area contributed by atoms with Crippen molar-refractivity contribution in [3.05, 3.63) is 23.3 Å². The fraction of sp³-hybridized carbons (Fsp3) is 0.556. The number of ether oxygens (including phenoxy) is 3. The monoisotopic (exact) mass is 346 g/mol. The number of nitrogens with zero attached hydrogens (tertiary/aromatic N) is 2. The quantitative estimate of drug-likeness (QED) is 0.671. The molecule has 0 spiro atoms. The van der Waals surface area contributed by atoms with Gasteiger partial charge in [-0.25, -0.2) is 9.59 Å². The van der Waals surface area contributed by atoms with Crippen LogP contribution in [0.4, 0.5) is 10.5 Å². The Morgan fingerprint density at radius 1 is 1.24 bits per heavy atom. The zero-order valence-corrected chi connectivity index (χ0v) is 14.7. The SMILES string of the molecule is CC(C)(C)OC(=O)N1CCN2c3c(ccc4c3COC4=O)OC[C@@H]2C1. The van der Waals surface area contributed by atoms with Gasteiger partial charge in [0.15, 0.2) is 0 Å². The van der Waals surface area contributed by atoms with E-state index in [4.69, 9.17) is 14.2 Å². The maximum atomic E-state index is 12.3. The van der Waals surface area contributed by atoms with Crippen LogP contribution >= 0.6 is 0 Å². The highest BCUT2D eigenvalue weighted by atomic mass is 16.6. The van der Waals surface area contributed by atoms with E-state index < -0.39 is 5.60 Å². The number of anilines is 1. The minimum Gasteiger partial charge on any atom is -0.489 e. The standard InChI is InChI=1S/C18H22N2O5/c1-18(2,3)25-17(22)19-6-7-20-11(8-19)9-23-14-5-4-12-13(15(14)20)10-24-16(12)21/h4-5,11H,6-10H2,1-3H3/t11-/m0/s1. The molecule has 4 rings (SSSR count). The maximum Gasteiger partial charge on any atom is 0.410 e. The van der Waals surface area contributed by atoms with Crippen LogP contribution in [0.2, 0.25) is 0 Å². The number of esters is 1. The van der Waals surface area contributed by atoms with Gasteiger partial charge >= 0.3 is 12.1 Å². The summed E-state index contributed by atoms with van der Waals surface area (Å²) < 4.78 is 16.6. The molecule has 3 aliphatic heterocycles. The average molecular weight is 346 g/mol. The molecule has 1 aromatic carbocycles. The second kappa shape index (κ2) is 5.54. The van der Waals surface area contributed by atoms with E-state index in [1.807, 2.05) is 26.8 Å². The fourth-order valence-corrected chi connectivity index (χ4v) is 3.57. The van der Waals surface area contributed by atoms with Crippen molar-refractivity contribution in [1.82, 2.24) is 4.90 Å². The third kappa shape index (κ3) is 2.77. The molecule has 1 atom stereocenters. The first kappa shape index (κ1) is 16.1. The summed E-state index contributed by atoms with van der Waals surface area (Å²) in [5, 5.41) is 0. The molecule has 3 aliphatic rings. The number of hydrogen-bond donors (Lipinski definition) is 0. The van der Waals surface area contributed by atoms with Crippen LogP contribution in [0.25, 0.3) is 0 Å². The molecule has 7 heteroatoms. The molecule has 1 saturated heterocycles. The molecule has 25 heavy (non-hydrogen) atoms. The number of cyclic esters (lactones) is 1. The fourth-order valence-electron chi connectivity index (χ4n) is 3.57. The van der Waals surface area contributed by atoms with Crippen molar-refractivity contribution < 1.29 is 23.8 Å². The summed E-state index contributed by atoms with van der Waals surface area (Å²) in [5.74, 6) is 0.492. The Kier molecular flexibility index (Phi) is 3.56. The van der Waals surface area contributed by atoms with Crippen molar-refractivity contribution in [3.63, 3.8) is 0 Å². The number of hydrogen-bond acceptors (Lipinski definition) is 6. The van der Waals surface area contributed by atoms with E-state index in [1.54, 1.807) is 11.0 Å². The van der Waals surface area contributed by atoms with Crippen molar-refractivity contribution in [2.75, 3.05) is 31.1 Å². The highest BCUT2D eigenvalue weighted by molar-refractivity contribution is 5.96. The molecule has 3 heterocycles. The van der Waals surface area contributed by atoms with Gasteiger partial charge in [-0.2, -0.15) is 0 Å². The summed E-state index contributed by atoms with van der Waals surface area (Å²) >= 11 is 0. The number of carbonyl (C=O) groups excluding carboxylic acids is 2. The first-order valence-corrected chi connectivity index (χ1v) is 8.54. The van der Waals surface area contributed by atoms with Gasteiger partial charge in [0.2, 0.25) is 0 Å². The highest BCUT2D eigenvalue weighted by Crippen LogP contribution is 2.42. The van der Waals surface area contributed by atoms with E-state index in [0.717, 1.165) is 17.0 Å².